The molecule has 22 heavy (non-hydrogen) atoms. The second kappa shape index (κ2) is 5.57. The molecule has 2 rings (SSSR count). The van der Waals surface area contributed by atoms with Gasteiger partial charge in [-0.2, -0.15) is 0 Å². The molecular weight excluding hydrogens is 300 g/mol. The predicted octanol–water partition coefficient (Wildman–Crippen LogP) is 1.98. The third-order valence-electron chi connectivity index (χ3n) is 3.69. The lowest BCUT2D eigenvalue weighted by molar-refractivity contribution is 0.551. The molecule has 2 aromatic rings. The van der Waals surface area contributed by atoms with E-state index < -0.39 is 14.6 Å². The van der Waals surface area contributed by atoms with Crippen LogP contribution in [0.4, 0.5) is 11.5 Å². The van der Waals surface area contributed by atoms with Crippen molar-refractivity contribution in [3.63, 3.8) is 0 Å². The van der Waals surface area contributed by atoms with Gasteiger partial charge in [-0.05, 0) is 38.1 Å². The maximum Gasteiger partial charge on any atom is 0.161 e. The molecule has 0 aliphatic rings. The third-order valence-corrected chi connectivity index (χ3v) is 6.21. The summed E-state index contributed by atoms with van der Waals surface area (Å²) in [4.78, 5) is 8.59. The molecular formula is C15H20N4O2S. The Balaban J connectivity index is 2.59. The van der Waals surface area contributed by atoms with Crippen molar-refractivity contribution in [2.75, 3.05) is 17.2 Å². The van der Waals surface area contributed by atoms with E-state index in [9.17, 15) is 8.42 Å². The SMILES string of the molecule is CCS(=O)(=O)C(C)(C)c1cc(N)nc(-c2ccc(N)cc2)n1. The average Bonchev–Trinajstić information content (AvgIpc) is 2.47. The van der Waals surface area contributed by atoms with Crippen molar-refractivity contribution in [3.8, 4) is 11.4 Å². The number of sulfone groups is 1. The fourth-order valence-corrected chi connectivity index (χ4v) is 3.20. The van der Waals surface area contributed by atoms with Gasteiger partial charge in [0, 0.05) is 23.1 Å². The van der Waals surface area contributed by atoms with E-state index in [1.165, 1.54) is 6.07 Å². The minimum absolute atomic E-state index is 0.0289. The van der Waals surface area contributed by atoms with Gasteiger partial charge in [0.25, 0.3) is 0 Å². The second-order valence-electron chi connectivity index (χ2n) is 5.54. The Morgan fingerprint density at radius 1 is 1.09 bits per heavy atom. The summed E-state index contributed by atoms with van der Waals surface area (Å²) in [7, 11) is -3.34. The molecule has 0 aliphatic heterocycles. The maximum atomic E-state index is 12.3. The Bertz CT molecular complexity index is 784. The Hall–Kier alpha value is -2.15. The molecule has 1 aromatic carbocycles. The Kier molecular flexibility index (Phi) is 4.10. The highest BCUT2D eigenvalue weighted by Crippen LogP contribution is 2.31. The smallest absolute Gasteiger partial charge is 0.161 e. The fraction of sp³-hybridized carbons (Fsp3) is 0.333. The van der Waals surface area contributed by atoms with Crippen LogP contribution in [0.2, 0.25) is 0 Å². The van der Waals surface area contributed by atoms with Gasteiger partial charge < -0.3 is 11.5 Å². The van der Waals surface area contributed by atoms with E-state index in [1.54, 1.807) is 45.0 Å². The first-order valence-corrected chi connectivity index (χ1v) is 8.56. The normalized spacial score (nSPS) is 12.3. The Labute approximate surface area is 130 Å². The van der Waals surface area contributed by atoms with E-state index in [0.29, 0.717) is 17.2 Å². The van der Waals surface area contributed by atoms with Crippen molar-refractivity contribution in [3.05, 3.63) is 36.0 Å². The van der Waals surface area contributed by atoms with Gasteiger partial charge in [0.1, 0.15) is 10.6 Å². The van der Waals surface area contributed by atoms with Crippen molar-refractivity contribution in [2.45, 2.75) is 25.5 Å². The van der Waals surface area contributed by atoms with E-state index in [2.05, 4.69) is 9.97 Å². The van der Waals surface area contributed by atoms with Gasteiger partial charge in [-0.3, -0.25) is 0 Å². The van der Waals surface area contributed by atoms with Crippen LogP contribution < -0.4 is 11.5 Å². The molecule has 0 spiro atoms. The minimum Gasteiger partial charge on any atom is -0.399 e. The quantitative estimate of drug-likeness (QED) is 0.833. The van der Waals surface area contributed by atoms with Gasteiger partial charge in [0.2, 0.25) is 0 Å². The van der Waals surface area contributed by atoms with Gasteiger partial charge in [0.05, 0.1) is 5.69 Å². The van der Waals surface area contributed by atoms with Crippen LogP contribution in [0.25, 0.3) is 11.4 Å². The molecule has 0 fully saturated rings. The summed E-state index contributed by atoms with van der Waals surface area (Å²) >= 11 is 0. The van der Waals surface area contributed by atoms with Crippen LogP contribution in [0.5, 0.6) is 0 Å². The van der Waals surface area contributed by atoms with Crippen molar-refractivity contribution < 1.29 is 8.42 Å². The zero-order chi connectivity index (χ0) is 16.5. The number of hydrogen-bond donors (Lipinski definition) is 2. The molecule has 0 atom stereocenters. The third kappa shape index (κ3) is 2.89. The second-order valence-corrected chi connectivity index (χ2v) is 8.36. The fourth-order valence-electron chi connectivity index (χ4n) is 2.06. The number of rotatable bonds is 4. The molecule has 1 heterocycles. The van der Waals surface area contributed by atoms with Crippen LogP contribution >= 0.6 is 0 Å². The first kappa shape index (κ1) is 16.2. The molecule has 0 unspecified atom stereocenters. The van der Waals surface area contributed by atoms with E-state index in [0.717, 1.165) is 5.56 Å². The van der Waals surface area contributed by atoms with Gasteiger partial charge in [0.15, 0.2) is 15.7 Å². The molecule has 1 aromatic heterocycles. The van der Waals surface area contributed by atoms with E-state index in [-0.39, 0.29) is 11.6 Å². The topological polar surface area (TPSA) is 112 Å². The number of aromatic nitrogens is 2. The lowest BCUT2D eigenvalue weighted by Gasteiger charge is -2.24. The van der Waals surface area contributed by atoms with Crippen LogP contribution in [0.15, 0.2) is 30.3 Å². The highest BCUT2D eigenvalue weighted by atomic mass is 32.2. The molecule has 0 bridgehead atoms. The summed E-state index contributed by atoms with van der Waals surface area (Å²) in [6, 6.07) is 8.52. The average molecular weight is 320 g/mol. The summed E-state index contributed by atoms with van der Waals surface area (Å²) < 4.78 is 23.5. The van der Waals surface area contributed by atoms with Gasteiger partial charge in [-0.1, -0.05) is 6.92 Å². The molecule has 6 nitrogen and oxygen atoms in total. The molecule has 0 aliphatic carbocycles. The largest absolute Gasteiger partial charge is 0.399 e. The summed E-state index contributed by atoms with van der Waals surface area (Å²) in [5, 5.41) is 0. The molecule has 118 valence electrons. The van der Waals surface area contributed by atoms with Crippen molar-refractivity contribution in [1.82, 2.24) is 9.97 Å². The van der Waals surface area contributed by atoms with Crippen molar-refractivity contribution in [2.24, 2.45) is 0 Å². The van der Waals surface area contributed by atoms with Crippen LogP contribution in [-0.4, -0.2) is 24.1 Å². The number of hydrogen-bond acceptors (Lipinski definition) is 6. The number of anilines is 2. The van der Waals surface area contributed by atoms with Crippen molar-refractivity contribution in [1.29, 1.82) is 0 Å². The van der Waals surface area contributed by atoms with Gasteiger partial charge in [-0.25, -0.2) is 18.4 Å². The summed E-state index contributed by atoms with van der Waals surface area (Å²) in [6.07, 6.45) is 0. The lowest BCUT2D eigenvalue weighted by Crippen LogP contribution is -2.32. The molecule has 0 radical (unpaired) electrons. The Morgan fingerprint density at radius 2 is 1.68 bits per heavy atom. The summed E-state index contributed by atoms with van der Waals surface area (Å²) in [5.41, 5.74) is 13.2. The lowest BCUT2D eigenvalue weighted by atomic mass is 10.1. The monoisotopic (exact) mass is 320 g/mol. The zero-order valence-electron chi connectivity index (χ0n) is 12.9. The van der Waals surface area contributed by atoms with Gasteiger partial charge in [-0.15, -0.1) is 0 Å². The van der Waals surface area contributed by atoms with Crippen LogP contribution in [0, 0.1) is 0 Å². The van der Waals surface area contributed by atoms with Crippen LogP contribution in [0.3, 0.4) is 0 Å². The molecule has 4 N–H and O–H groups in total. The van der Waals surface area contributed by atoms with Crippen LogP contribution in [0.1, 0.15) is 26.5 Å². The highest BCUT2D eigenvalue weighted by Gasteiger charge is 2.36. The number of nitrogen functional groups attached to an aromatic ring is 2. The Morgan fingerprint density at radius 3 is 2.23 bits per heavy atom. The zero-order valence-corrected chi connectivity index (χ0v) is 13.7. The highest BCUT2D eigenvalue weighted by molar-refractivity contribution is 7.92. The minimum atomic E-state index is -3.34. The number of benzene rings is 1. The summed E-state index contributed by atoms with van der Waals surface area (Å²) in [6.45, 7) is 4.86. The van der Waals surface area contributed by atoms with E-state index >= 15 is 0 Å². The molecule has 7 heteroatoms. The number of nitrogens with zero attached hydrogens (tertiary/aromatic N) is 2. The molecule has 0 amide bonds. The first-order valence-electron chi connectivity index (χ1n) is 6.90. The predicted molar refractivity (Wildman–Crippen MR) is 88.8 cm³/mol. The molecule has 0 saturated carbocycles. The van der Waals surface area contributed by atoms with Crippen molar-refractivity contribution >= 4 is 21.3 Å². The van der Waals surface area contributed by atoms with Gasteiger partial charge >= 0.3 is 0 Å². The summed E-state index contributed by atoms with van der Waals surface area (Å²) in [5.74, 6) is 0.645. The number of nitrogens with two attached hydrogens (primary N) is 2. The molecule has 0 saturated heterocycles. The van der Waals surface area contributed by atoms with Crippen LogP contribution in [-0.2, 0) is 14.6 Å². The van der Waals surface area contributed by atoms with E-state index in [1.807, 2.05) is 0 Å². The van der Waals surface area contributed by atoms with E-state index in [4.69, 9.17) is 11.5 Å². The standard InChI is InChI=1S/C15H20N4O2S/c1-4-22(20,21)15(2,3)12-9-13(17)19-14(18-12)10-5-7-11(16)8-6-10/h5-9H,4,16H2,1-3H3,(H2,17,18,19). The first-order chi connectivity index (χ1) is 10.2. The maximum absolute atomic E-state index is 12.3.